The number of ether oxygens (including phenoxy) is 1. The quantitative estimate of drug-likeness (QED) is 0.625. The number of carbonyl (C=O) groups excluding carboxylic acids is 1. The van der Waals surface area contributed by atoms with E-state index in [4.69, 9.17) is 4.74 Å². The zero-order valence-corrected chi connectivity index (χ0v) is 8.54. The standard InChI is InChI=1S/C9H19NO3/c1-7(2)8(11)6-10-9(12)4-5-13-3/h7-8,11H,4-6H2,1-3H3,(H,10,12). The van der Waals surface area contributed by atoms with E-state index in [2.05, 4.69) is 5.32 Å². The third-order valence-electron chi connectivity index (χ3n) is 1.81. The molecule has 1 unspecified atom stereocenters. The maximum atomic E-state index is 11.0. The molecule has 0 rings (SSSR count). The molecule has 0 aromatic heterocycles. The SMILES string of the molecule is COCCC(=O)NCC(O)C(C)C. The molecule has 0 aliphatic carbocycles. The molecule has 0 radical (unpaired) electrons. The van der Waals surface area contributed by atoms with Crippen LogP contribution in [0.1, 0.15) is 20.3 Å². The molecule has 0 aliphatic heterocycles. The van der Waals surface area contributed by atoms with Crippen molar-refractivity contribution in [1.82, 2.24) is 5.32 Å². The fourth-order valence-electron chi connectivity index (χ4n) is 0.737. The Labute approximate surface area is 79.3 Å². The summed E-state index contributed by atoms with van der Waals surface area (Å²) in [6.45, 7) is 4.56. The summed E-state index contributed by atoms with van der Waals surface area (Å²) in [7, 11) is 1.55. The summed E-state index contributed by atoms with van der Waals surface area (Å²) in [4.78, 5) is 11.0. The van der Waals surface area contributed by atoms with Crippen molar-refractivity contribution in [2.45, 2.75) is 26.4 Å². The molecule has 13 heavy (non-hydrogen) atoms. The summed E-state index contributed by atoms with van der Waals surface area (Å²) in [5.74, 6) is 0.0873. The number of methoxy groups -OCH3 is 1. The average Bonchev–Trinajstić information content (AvgIpc) is 2.10. The summed E-state index contributed by atoms with van der Waals surface area (Å²) in [5.41, 5.74) is 0. The molecule has 0 spiro atoms. The van der Waals surface area contributed by atoms with E-state index >= 15 is 0 Å². The van der Waals surface area contributed by atoms with Crippen LogP contribution in [0.15, 0.2) is 0 Å². The van der Waals surface area contributed by atoms with Gasteiger partial charge < -0.3 is 15.2 Å². The van der Waals surface area contributed by atoms with Crippen molar-refractivity contribution in [1.29, 1.82) is 0 Å². The monoisotopic (exact) mass is 189 g/mol. The number of aliphatic hydroxyl groups is 1. The summed E-state index contributed by atoms with van der Waals surface area (Å²) < 4.78 is 4.74. The Morgan fingerprint density at radius 1 is 1.54 bits per heavy atom. The molecule has 0 saturated carbocycles. The van der Waals surface area contributed by atoms with Crippen molar-refractivity contribution in [3.63, 3.8) is 0 Å². The molecule has 1 amide bonds. The molecule has 0 aromatic rings. The van der Waals surface area contributed by atoms with Crippen LogP contribution in [0, 0.1) is 5.92 Å². The minimum Gasteiger partial charge on any atom is -0.391 e. The average molecular weight is 189 g/mol. The highest BCUT2D eigenvalue weighted by atomic mass is 16.5. The second-order valence-corrected chi connectivity index (χ2v) is 3.36. The summed E-state index contributed by atoms with van der Waals surface area (Å²) in [6.07, 6.45) is -0.118. The van der Waals surface area contributed by atoms with Gasteiger partial charge in [0, 0.05) is 20.1 Å². The third kappa shape index (κ3) is 6.54. The number of carbonyl (C=O) groups is 1. The smallest absolute Gasteiger partial charge is 0.222 e. The molecular formula is C9H19NO3. The van der Waals surface area contributed by atoms with Crippen molar-refractivity contribution in [2.75, 3.05) is 20.3 Å². The second kappa shape index (κ2) is 6.86. The van der Waals surface area contributed by atoms with Gasteiger partial charge in [-0.3, -0.25) is 4.79 Å². The zero-order valence-electron chi connectivity index (χ0n) is 8.54. The molecular weight excluding hydrogens is 170 g/mol. The van der Waals surface area contributed by atoms with E-state index in [1.165, 1.54) is 0 Å². The van der Waals surface area contributed by atoms with Gasteiger partial charge in [0.2, 0.25) is 5.91 Å². The van der Waals surface area contributed by atoms with E-state index in [1.54, 1.807) is 7.11 Å². The fraction of sp³-hybridized carbons (Fsp3) is 0.889. The van der Waals surface area contributed by atoms with Crippen LogP contribution in [0.2, 0.25) is 0 Å². The molecule has 0 bridgehead atoms. The molecule has 78 valence electrons. The Kier molecular flexibility index (Phi) is 6.54. The van der Waals surface area contributed by atoms with Gasteiger partial charge in [-0.05, 0) is 5.92 Å². The molecule has 4 heteroatoms. The Balaban J connectivity index is 3.46. The minimum atomic E-state index is -0.466. The zero-order chi connectivity index (χ0) is 10.3. The van der Waals surface area contributed by atoms with Crippen LogP contribution in [0.5, 0.6) is 0 Å². The first-order valence-corrected chi connectivity index (χ1v) is 4.51. The Morgan fingerprint density at radius 3 is 2.62 bits per heavy atom. The van der Waals surface area contributed by atoms with Crippen molar-refractivity contribution in [2.24, 2.45) is 5.92 Å². The van der Waals surface area contributed by atoms with E-state index in [9.17, 15) is 9.90 Å². The van der Waals surface area contributed by atoms with Gasteiger partial charge in [-0.15, -0.1) is 0 Å². The van der Waals surface area contributed by atoms with Gasteiger partial charge in [-0.2, -0.15) is 0 Å². The molecule has 0 aliphatic rings. The summed E-state index contributed by atoms with van der Waals surface area (Å²) >= 11 is 0. The molecule has 0 heterocycles. The second-order valence-electron chi connectivity index (χ2n) is 3.36. The summed E-state index contributed by atoms with van der Waals surface area (Å²) in [5, 5.41) is 12.0. The van der Waals surface area contributed by atoms with Gasteiger partial charge in [-0.25, -0.2) is 0 Å². The van der Waals surface area contributed by atoms with Gasteiger partial charge in [0.1, 0.15) is 0 Å². The van der Waals surface area contributed by atoms with Crippen LogP contribution in [0.25, 0.3) is 0 Å². The number of aliphatic hydroxyl groups excluding tert-OH is 1. The lowest BCUT2D eigenvalue weighted by Gasteiger charge is -2.14. The van der Waals surface area contributed by atoms with Gasteiger partial charge >= 0.3 is 0 Å². The Morgan fingerprint density at radius 2 is 2.15 bits per heavy atom. The number of hydrogen-bond acceptors (Lipinski definition) is 3. The predicted octanol–water partition coefficient (Wildman–Crippen LogP) is 0.156. The van der Waals surface area contributed by atoms with Crippen LogP contribution in [0.3, 0.4) is 0 Å². The first-order chi connectivity index (χ1) is 6.07. The van der Waals surface area contributed by atoms with E-state index in [0.717, 1.165) is 0 Å². The topological polar surface area (TPSA) is 58.6 Å². The molecule has 1 atom stereocenters. The highest BCUT2D eigenvalue weighted by Gasteiger charge is 2.09. The summed E-state index contributed by atoms with van der Waals surface area (Å²) in [6, 6.07) is 0. The predicted molar refractivity (Wildman–Crippen MR) is 50.3 cm³/mol. The van der Waals surface area contributed by atoms with Gasteiger partial charge in [0.05, 0.1) is 12.7 Å². The van der Waals surface area contributed by atoms with Crippen molar-refractivity contribution < 1.29 is 14.6 Å². The molecule has 2 N–H and O–H groups in total. The van der Waals surface area contributed by atoms with Crippen LogP contribution >= 0.6 is 0 Å². The molecule has 0 fully saturated rings. The highest BCUT2D eigenvalue weighted by molar-refractivity contribution is 5.75. The number of nitrogens with one attached hydrogen (secondary N) is 1. The van der Waals surface area contributed by atoms with Crippen LogP contribution < -0.4 is 5.32 Å². The number of rotatable bonds is 6. The van der Waals surface area contributed by atoms with Crippen molar-refractivity contribution in [3.05, 3.63) is 0 Å². The molecule has 4 nitrogen and oxygen atoms in total. The number of amides is 1. The van der Waals surface area contributed by atoms with Gasteiger partial charge in [-0.1, -0.05) is 13.8 Å². The third-order valence-corrected chi connectivity index (χ3v) is 1.81. The fourth-order valence-corrected chi connectivity index (χ4v) is 0.737. The van der Waals surface area contributed by atoms with Crippen molar-refractivity contribution >= 4 is 5.91 Å². The minimum absolute atomic E-state index is 0.0819. The first kappa shape index (κ1) is 12.4. The number of hydrogen-bond donors (Lipinski definition) is 2. The highest BCUT2D eigenvalue weighted by Crippen LogP contribution is 1.98. The maximum Gasteiger partial charge on any atom is 0.222 e. The van der Waals surface area contributed by atoms with E-state index in [-0.39, 0.29) is 11.8 Å². The van der Waals surface area contributed by atoms with Gasteiger partial charge in [0.25, 0.3) is 0 Å². The lowest BCUT2D eigenvalue weighted by atomic mass is 10.1. The van der Waals surface area contributed by atoms with Crippen LogP contribution in [0.4, 0.5) is 0 Å². The van der Waals surface area contributed by atoms with E-state index in [1.807, 2.05) is 13.8 Å². The maximum absolute atomic E-state index is 11.0. The van der Waals surface area contributed by atoms with Gasteiger partial charge in [0.15, 0.2) is 0 Å². The first-order valence-electron chi connectivity index (χ1n) is 4.51. The molecule has 0 aromatic carbocycles. The lowest BCUT2D eigenvalue weighted by Crippen LogP contribution is -2.35. The van der Waals surface area contributed by atoms with Crippen LogP contribution in [-0.2, 0) is 9.53 Å². The molecule has 0 saturated heterocycles. The van der Waals surface area contributed by atoms with Crippen LogP contribution in [-0.4, -0.2) is 37.4 Å². The van der Waals surface area contributed by atoms with Crippen molar-refractivity contribution in [3.8, 4) is 0 Å². The largest absolute Gasteiger partial charge is 0.391 e. The van der Waals surface area contributed by atoms with E-state index in [0.29, 0.717) is 19.6 Å². The Bertz CT molecular complexity index is 148. The van der Waals surface area contributed by atoms with E-state index < -0.39 is 6.10 Å². The lowest BCUT2D eigenvalue weighted by molar-refractivity contribution is -0.122. The Hall–Kier alpha value is -0.610. The normalized spacial score (nSPS) is 13.0.